The monoisotopic (exact) mass is 362 g/mol. The summed E-state index contributed by atoms with van der Waals surface area (Å²) in [4.78, 5) is 24.3. The van der Waals surface area contributed by atoms with Gasteiger partial charge in [-0.2, -0.15) is 0 Å². The second-order valence-corrected chi connectivity index (χ2v) is 6.55. The number of rotatable bonds is 5. The Balaban J connectivity index is 1.50. The zero-order valence-electron chi connectivity index (χ0n) is 14.8. The van der Waals surface area contributed by atoms with E-state index in [0.29, 0.717) is 22.7 Å². The van der Waals surface area contributed by atoms with E-state index in [9.17, 15) is 9.59 Å². The topological polar surface area (TPSA) is 81.4 Å². The van der Waals surface area contributed by atoms with Gasteiger partial charge in [-0.3, -0.25) is 4.79 Å². The number of hydrogen-bond acceptors (Lipinski definition) is 5. The maximum Gasteiger partial charge on any atom is 0.337 e. The van der Waals surface area contributed by atoms with Gasteiger partial charge in [0.2, 0.25) is 5.91 Å². The molecule has 0 radical (unpaired) electrons. The highest BCUT2D eigenvalue weighted by Gasteiger charge is 2.53. The number of nitrogens with one attached hydrogen (secondary N) is 1. The first kappa shape index (κ1) is 17.0. The number of methoxy groups -OCH3 is 1. The molecule has 4 rings (SSSR count). The number of hydrogen-bond donors (Lipinski definition) is 1. The Kier molecular flexibility index (Phi) is 4.24. The van der Waals surface area contributed by atoms with Crippen LogP contribution in [-0.2, 0) is 14.9 Å². The number of benzene rings is 2. The van der Waals surface area contributed by atoms with E-state index in [1.54, 1.807) is 24.3 Å². The van der Waals surface area contributed by atoms with Crippen LogP contribution in [0.5, 0.6) is 0 Å². The SMILES string of the molecule is COC(=O)c1ccc(NC(=O)C2(c3cc(-c4ccccc4)on3)CC2)cc1. The first-order valence-electron chi connectivity index (χ1n) is 8.65. The molecular formula is C21H18N2O4. The van der Waals surface area contributed by atoms with Crippen molar-refractivity contribution in [1.29, 1.82) is 0 Å². The van der Waals surface area contributed by atoms with E-state index in [1.807, 2.05) is 36.4 Å². The lowest BCUT2D eigenvalue weighted by Crippen LogP contribution is -2.28. The van der Waals surface area contributed by atoms with Crippen LogP contribution in [0, 0.1) is 0 Å². The molecule has 1 aliphatic rings. The number of aromatic nitrogens is 1. The molecule has 1 saturated carbocycles. The van der Waals surface area contributed by atoms with E-state index < -0.39 is 11.4 Å². The number of amides is 1. The van der Waals surface area contributed by atoms with Crippen LogP contribution >= 0.6 is 0 Å². The summed E-state index contributed by atoms with van der Waals surface area (Å²) >= 11 is 0. The van der Waals surface area contributed by atoms with Gasteiger partial charge in [-0.15, -0.1) is 0 Å². The van der Waals surface area contributed by atoms with Gasteiger partial charge in [-0.1, -0.05) is 35.5 Å². The van der Waals surface area contributed by atoms with E-state index >= 15 is 0 Å². The molecule has 0 unspecified atom stereocenters. The lowest BCUT2D eigenvalue weighted by Gasteiger charge is -2.12. The predicted octanol–water partition coefficient (Wildman–Crippen LogP) is 3.80. The molecule has 6 heteroatoms. The van der Waals surface area contributed by atoms with Crippen molar-refractivity contribution in [2.24, 2.45) is 0 Å². The summed E-state index contributed by atoms with van der Waals surface area (Å²) in [5, 5.41) is 7.04. The molecule has 1 amide bonds. The third-order valence-corrected chi connectivity index (χ3v) is 4.81. The van der Waals surface area contributed by atoms with E-state index in [-0.39, 0.29) is 5.91 Å². The van der Waals surface area contributed by atoms with Crippen LogP contribution in [0.25, 0.3) is 11.3 Å². The Labute approximate surface area is 156 Å². The second kappa shape index (κ2) is 6.72. The molecule has 1 fully saturated rings. The highest BCUT2D eigenvalue weighted by Crippen LogP contribution is 2.49. The minimum absolute atomic E-state index is 0.124. The van der Waals surface area contributed by atoms with Crippen molar-refractivity contribution >= 4 is 17.6 Å². The van der Waals surface area contributed by atoms with Crippen LogP contribution in [0.1, 0.15) is 28.9 Å². The minimum Gasteiger partial charge on any atom is -0.465 e. The van der Waals surface area contributed by atoms with E-state index in [0.717, 1.165) is 18.4 Å². The fourth-order valence-electron chi connectivity index (χ4n) is 3.02. The Morgan fingerprint density at radius 3 is 2.41 bits per heavy atom. The van der Waals surface area contributed by atoms with E-state index in [4.69, 9.17) is 4.52 Å². The molecule has 1 heterocycles. The van der Waals surface area contributed by atoms with Crippen molar-refractivity contribution in [3.63, 3.8) is 0 Å². The van der Waals surface area contributed by atoms with Gasteiger partial charge in [-0.25, -0.2) is 4.79 Å². The Bertz CT molecular complexity index is 973. The highest BCUT2D eigenvalue weighted by atomic mass is 16.5. The normalized spacial score (nSPS) is 14.4. The molecule has 136 valence electrons. The molecule has 0 bridgehead atoms. The molecular weight excluding hydrogens is 344 g/mol. The molecule has 0 spiro atoms. The third-order valence-electron chi connectivity index (χ3n) is 4.81. The molecule has 0 aliphatic heterocycles. The van der Waals surface area contributed by atoms with E-state index in [1.165, 1.54) is 7.11 Å². The molecule has 3 aromatic rings. The fraction of sp³-hybridized carbons (Fsp3) is 0.190. The van der Waals surface area contributed by atoms with Crippen LogP contribution in [0.3, 0.4) is 0 Å². The molecule has 0 saturated heterocycles. The fourth-order valence-corrected chi connectivity index (χ4v) is 3.02. The van der Waals surface area contributed by atoms with Gasteiger partial charge in [0.15, 0.2) is 5.76 Å². The van der Waals surface area contributed by atoms with Crippen molar-refractivity contribution < 1.29 is 18.8 Å². The van der Waals surface area contributed by atoms with Crippen LogP contribution < -0.4 is 5.32 Å². The Morgan fingerprint density at radius 2 is 1.78 bits per heavy atom. The maximum atomic E-state index is 12.8. The quantitative estimate of drug-likeness (QED) is 0.698. The van der Waals surface area contributed by atoms with Crippen molar-refractivity contribution in [2.75, 3.05) is 12.4 Å². The van der Waals surface area contributed by atoms with Gasteiger partial charge < -0.3 is 14.6 Å². The van der Waals surface area contributed by atoms with Gasteiger partial charge in [0.1, 0.15) is 0 Å². The predicted molar refractivity (Wildman–Crippen MR) is 99.3 cm³/mol. The third kappa shape index (κ3) is 3.21. The zero-order valence-corrected chi connectivity index (χ0v) is 14.8. The van der Waals surface area contributed by atoms with Crippen molar-refractivity contribution in [1.82, 2.24) is 5.16 Å². The number of nitrogens with zero attached hydrogens (tertiary/aromatic N) is 1. The number of anilines is 1. The first-order chi connectivity index (χ1) is 13.1. The summed E-state index contributed by atoms with van der Waals surface area (Å²) in [6.07, 6.45) is 1.44. The average Bonchev–Trinajstić information content (AvgIpc) is 3.38. The molecule has 2 aromatic carbocycles. The lowest BCUT2D eigenvalue weighted by molar-refractivity contribution is -0.118. The molecule has 1 aromatic heterocycles. The summed E-state index contributed by atoms with van der Waals surface area (Å²) in [6, 6.07) is 18.1. The smallest absolute Gasteiger partial charge is 0.337 e. The van der Waals surface area contributed by atoms with Gasteiger partial charge in [0.05, 0.1) is 23.8 Å². The van der Waals surface area contributed by atoms with Gasteiger partial charge >= 0.3 is 5.97 Å². The van der Waals surface area contributed by atoms with Crippen molar-refractivity contribution in [3.8, 4) is 11.3 Å². The molecule has 1 N–H and O–H groups in total. The second-order valence-electron chi connectivity index (χ2n) is 6.55. The molecule has 1 aliphatic carbocycles. The van der Waals surface area contributed by atoms with Crippen LogP contribution in [-0.4, -0.2) is 24.1 Å². The number of carbonyl (C=O) groups excluding carboxylic acids is 2. The summed E-state index contributed by atoms with van der Waals surface area (Å²) < 4.78 is 10.1. The maximum absolute atomic E-state index is 12.8. The van der Waals surface area contributed by atoms with Crippen LogP contribution in [0.2, 0.25) is 0 Å². The van der Waals surface area contributed by atoms with Crippen LogP contribution in [0.4, 0.5) is 5.69 Å². The summed E-state index contributed by atoms with van der Waals surface area (Å²) in [6.45, 7) is 0. The number of carbonyl (C=O) groups is 2. The standard InChI is InChI=1S/C21H18N2O4/c1-26-19(24)15-7-9-16(10-8-15)22-20(25)21(11-12-21)18-13-17(27-23-18)14-5-3-2-4-6-14/h2-10,13H,11-12H2,1H3,(H,22,25). The summed E-state index contributed by atoms with van der Waals surface area (Å²) in [5.41, 5.74) is 1.96. The summed E-state index contributed by atoms with van der Waals surface area (Å²) in [7, 11) is 1.33. The minimum atomic E-state index is -0.655. The number of ether oxygens (including phenoxy) is 1. The van der Waals surface area contributed by atoms with Gasteiger partial charge in [-0.05, 0) is 37.1 Å². The first-order valence-corrected chi connectivity index (χ1v) is 8.65. The van der Waals surface area contributed by atoms with Crippen LogP contribution in [0.15, 0.2) is 65.2 Å². The van der Waals surface area contributed by atoms with Crippen molar-refractivity contribution in [3.05, 3.63) is 71.9 Å². The molecule has 6 nitrogen and oxygen atoms in total. The van der Waals surface area contributed by atoms with Gasteiger partial charge in [0, 0.05) is 17.3 Å². The average molecular weight is 362 g/mol. The Hall–Kier alpha value is -3.41. The lowest BCUT2D eigenvalue weighted by atomic mass is 10.00. The molecule has 0 atom stereocenters. The van der Waals surface area contributed by atoms with Crippen molar-refractivity contribution in [2.45, 2.75) is 18.3 Å². The largest absolute Gasteiger partial charge is 0.465 e. The number of esters is 1. The Morgan fingerprint density at radius 1 is 1.07 bits per heavy atom. The highest BCUT2D eigenvalue weighted by molar-refractivity contribution is 6.01. The molecule has 27 heavy (non-hydrogen) atoms. The summed E-state index contributed by atoms with van der Waals surface area (Å²) in [5.74, 6) is 0.107. The van der Waals surface area contributed by atoms with E-state index in [2.05, 4.69) is 15.2 Å². The van der Waals surface area contributed by atoms with Gasteiger partial charge in [0.25, 0.3) is 0 Å². The zero-order chi connectivity index (χ0) is 18.9.